The van der Waals surface area contributed by atoms with E-state index in [2.05, 4.69) is 21.2 Å². The van der Waals surface area contributed by atoms with E-state index < -0.39 is 10.0 Å². The van der Waals surface area contributed by atoms with Crippen LogP contribution in [0.2, 0.25) is 0 Å². The second kappa shape index (κ2) is 8.61. The Kier molecular flexibility index (Phi) is 7.47. The molecular formula is C14H22BrN3O3S. The van der Waals surface area contributed by atoms with Crippen LogP contribution in [0.4, 0.5) is 5.69 Å². The Morgan fingerprint density at radius 3 is 2.50 bits per heavy atom. The van der Waals surface area contributed by atoms with E-state index in [1.807, 2.05) is 25.1 Å². The lowest BCUT2D eigenvalue weighted by molar-refractivity contribution is -0.116. The van der Waals surface area contributed by atoms with Gasteiger partial charge in [0.05, 0.1) is 12.8 Å². The van der Waals surface area contributed by atoms with Gasteiger partial charge < -0.3 is 10.2 Å². The van der Waals surface area contributed by atoms with Gasteiger partial charge in [0.25, 0.3) is 0 Å². The molecule has 22 heavy (non-hydrogen) atoms. The molecule has 6 nitrogen and oxygen atoms in total. The van der Waals surface area contributed by atoms with Gasteiger partial charge in [-0.3, -0.25) is 4.79 Å². The predicted molar refractivity (Wildman–Crippen MR) is 92.4 cm³/mol. The fourth-order valence-corrected chi connectivity index (χ4v) is 3.06. The van der Waals surface area contributed by atoms with Crippen LogP contribution in [0.1, 0.15) is 6.42 Å². The van der Waals surface area contributed by atoms with Gasteiger partial charge in [-0.1, -0.05) is 22.0 Å². The molecule has 0 aromatic heterocycles. The molecule has 0 spiro atoms. The Hall–Kier alpha value is -0.960. The number of anilines is 1. The van der Waals surface area contributed by atoms with Gasteiger partial charge in [-0.15, -0.1) is 0 Å². The molecule has 0 heterocycles. The minimum Gasteiger partial charge on any atom is -0.325 e. The van der Waals surface area contributed by atoms with E-state index in [0.717, 1.165) is 17.3 Å². The van der Waals surface area contributed by atoms with Crippen molar-refractivity contribution in [3.05, 3.63) is 28.7 Å². The smallest absolute Gasteiger partial charge is 0.239 e. The predicted octanol–water partition coefficient (Wildman–Crippen LogP) is 1.60. The van der Waals surface area contributed by atoms with Crippen molar-refractivity contribution in [3.8, 4) is 0 Å². The Morgan fingerprint density at radius 2 is 1.95 bits per heavy atom. The lowest BCUT2D eigenvalue weighted by Crippen LogP contribution is -2.38. The molecule has 0 bridgehead atoms. The average molecular weight is 392 g/mol. The van der Waals surface area contributed by atoms with E-state index in [9.17, 15) is 13.2 Å². The van der Waals surface area contributed by atoms with Crippen molar-refractivity contribution in [2.24, 2.45) is 0 Å². The summed E-state index contributed by atoms with van der Waals surface area (Å²) in [6.45, 7) is 0.904. The van der Waals surface area contributed by atoms with Crippen LogP contribution >= 0.6 is 15.9 Å². The van der Waals surface area contributed by atoms with E-state index in [1.165, 1.54) is 4.31 Å². The first-order valence-corrected chi connectivity index (χ1v) is 9.48. The Bertz CT molecular complexity index is 605. The van der Waals surface area contributed by atoms with Gasteiger partial charge in [-0.25, -0.2) is 8.42 Å². The first-order chi connectivity index (χ1) is 10.2. The molecule has 0 aliphatic carbocycles. The minimum atomic E-state index is -3.41. The Morgan fingerprint density at radius 1 is 1.27 bits per heavy atom. The summed E-state index contributed by atoms with van der Waals surface area (Å²) in [6.07, 6.45) is 1.79. The van der Waals surface area contributed by atoms with E-state index in [4.69, 9.17) is 0 Å². The van der Waals surface area contributed by atoms with Gasteiger partial charge >= 0.3 is 0 Å². The molecule has 1 N–H and O–H groups in total. The summed E-state index contributed by atoms with van der Waals surface area (Å²) < 4.78 is 25.6. The molecule has 124 valence electrons. The number of halogens is 1. The summed E-state index contributed by atoms with van der Waals surface area (Å²) in [7, 11) is 0.429. The third-order valence-corrected chi connectivity index (χ3v) is 4.65. The molecule has 0 aliphatic heterocycles. The van der Waals surface area contributed by atoms with Crippen LogP contribution < -0.4 is 5.32 Å². The van der Waals surface area contributed by atoms with Crippen molar-refractivity contribution >= 4 is 37.5 Å². The number of carbonyl (C=O) groups excluding carboxylic acids is 1. The maximum absolute atomic E-state index is 12.0. The zero-order valence-corrected chi connectivity index (χ0v) is 15.4. The van der Waals surface area contributed by atoms with Gasteiger partial charge in [-0.2, -0.15) is 4.31 Å². The van der Waals surface area contributed by atoms with Crippen LogP contribution in [0, 0.1) is 0 Å². The van der Waals surface area contributed by atoms with E-state index >= 15 is 0 Å². The molecule has 0 saturated carbocycles. The summed E-state index contributed by atoms with van der Waals surface area (Å²) in [6, 6.07) is 7.15. The maximum Gasteiger partial charge on any atom is 0.239 e. The number of carbonyl (C=O) groups is 1. The number of hydrogen-bond donors (Lipinski definition) is 1. The first kappa shape index (κ1) is 19.1. The normalized spacial score (nSPS) is 11.9. The number of nitrogens with zero attached hydrogens (tertiary/aromatic N) is 2. The number of hydrogen-bond acceptors (Lipinski definition) is 4. The van der Waals surface area contributed by atoms with Crippen molar-refractivity contribution < 1.29 is 13.2 Å². The lowest BCUT2D eigenvalue weighted by atomic mass is 10.3. The van der Waals surface area contributed by atoms with Crippen LogP contribution in [0.3, 0.4) is 0 Å². The highest BCUT2D eigenvalue weighted by Gasteiger charge is 2.19. The highest BCUT2D eigenvalue weighted by Crippen LogP contribution is 2.15. The summed E-state index contributed by atoms with van der Waals surface area (Å²) in [5, 5.41) is 2.70. The van der Waals surface area contributed by atoms with Crippen LogP contribution in [0.5, 0.6) is 0 Å². The SMILES string of the molecule is CN(C)CCCN(CC(=O)Nc1cccc(Br)c1)S(C)(=O)=O. The van der Waals surface area contributed by atoms with Crippen molar-refractivity contribution in [1.29, 1.82) is 0 Å². The second-order valence-corrected chi connectivity index (χ2v) is 8.21. The molecule has 0 saturated heterocycles. The lowest BCUT2D eigenvalue weighted by Gasteiger charge is -2.20. The van der Waals surface area contributed by atoms with Crippen molar-refractivity contribution in [2.45, 2.75) is 6.42 Å². The molecule has 1 amide bonds. The topological polar surface area (TPSA) is 69.7 Å². The second-order valence-electron chi connectivity index (χ2n) is 5.31. The zero-order valence-electron chi connectivity index (χ0n) is 13.0. The molecule has 0 atom stereocenters. The van der Waals surface area contributed by atoms with Crippen LogP contribution in [-0.4, -0.2) is 63.5 Å². The Balaban J connectivity index is 2.63. The number of benzene rings is 1. The molecule has 0 radical (unpaired) electrons. The zero-order chi connectivity index (χ0) is 16.8. The van der Waals surface area contributed by atoms with Crippen LogP contribution in [-0.2, 0) is 14.8 Å². The minimum absolute atomic E-state index is 0.182. The van der Waals surface area contributed by atoms with E-state index in [-0.39, 0.29) is 12.5 Å². The van der Waals surface area contributed by atoms with Gasteiger partial charge in [0.15, 0.2) is 0 Å². The largest absolute Gasteiger partial charge is 0.325 e. The molecule has 8 heteroatoms. The third kappa shape index (κ3) is 7.35. The molecule has 0 fully saturated rings. The highest BCUT2D eigenvalue weighted by molar-refractivity contribution is 9.10. The monoisotopic (exact) mass is 391 g/mol. The molecule has 1 rings (SSSR count). The quantitative estimate of drug-likeness (QED) is 0.730. The maximum atomic E-state index is 12.0. The average Bonchev–Trinajstić information content (AvgIpc) is 2.35. The summed E-state index contributed by atoms with van der Waals surface area (Å²) in [5.74, 6) is -0.353. The molecule has 0 unspecified atom stereocenters. The molecule has 0 aliphatic rings. The Labute approximate surface area is 140 Å². The van der Waals surface area contributed by atoms with Gasteiger partial charge in [0.2, 0.25) is 15.9 Å². The molecular weight excluding hydrogens is 370 g/mol. The molecule has 1 aromatic carbocycles. The fraction of sp³-hybridized carbons (Fsp3) is 0.500. The first-order valence-electron chi connectivity index (χ1n) is 6.84. The van der Waals surface area contributed by atoms with Crippen molar-refractivity contribution in [2.75, 3.05) is 45.3 Å². The highest BCUT2D eigenvalue weighted by atomic mass is 79.9. The van der Waals surface area contributed by atoms with Crippen molar-refractivity contribution in [1.82, 2.24) is 9.21 Å². The fourth-order valence-electron chi connectivity index (χ4n) is 1.85. The van der Waals surface area contributed by atoms with Gasteiger partial charge in [0.1, 0.15) is 0 Å². The van der Waals surface area contributed by atoms with Gasteiger partial charge in [0, 0.05) is 16.7 Å². The summed E-state index contributed by atoms with van der Waals surface area (Å²) in [4.78, 5) is 14.0. The van der Waals surface area contributed by atoms with Crippen LogP contribution in [0.15, 0.2) is 28.7 Å². The van der Waals surface area contributed by atoms with Crippen LogP contribution in [0.25, 0.3) is 0 Å². The molecule has 1 aromatic rings. The third-order valence-electron chi connectivity index (χ3n) is 2.91. The van der Waals surface area contributed by atoms with E-state index in [0.29, 0.717) is 18.7 Å². The van der Waals surface area contributed by atoms with Gasteiger partial charge in [-0.05, 0) is 45.3 Å². The van der Waals surface area contributed by atoms with E-state index in [1.54, 1.807) is 18.2 Å². The number of amides is 1. The van der Waals surface area contributed by atoms with Crippen molar-refractivity contribution in [3.63, 3.8) is 0 Å². The summed E-state index contributed by atoms with van der Waals surface area (Å²) in [5.41, 5.74) is 0.626. The number of nitrogens with one attached hydrogen (secondary N) is 1. The number of rotatable bonds is 8. The number of sulfonamides is 1. The summed E-state index contributed by atoms with van der Waals surface area (Å²) >= 11 is 3.32. The standard InChI is InChI=1S/C14H22BrN3O3S/c1-17(2)8-5-9-18(22(3,20)21)11-14(19)16-13-7-4-6-12(15)10-13/h4,6-7,10H,5,8-9,11H2,1-3H3,(H,16,19).